The van der Waals surface area contributed by atoms with E-state index in [1.54, 1.807) is 30.7 Å². The minimum atomic E-state index is -2.09. The maximum absolute atomic E-state index is 11.3. The molecule has 1 aromatic rings. The number of nitrogens with zero attached hydrogens (tertiary/aromatic N) is 1. The molecule has 0 unspecified atom stereocenters. The molecule has 72 valence electrons. The Morgan fingerprint density at radius 3 is 2.54 bits per heavy atom. The molecule has 0 aliphatic heterocycles. The molecule has 0 heterocycles. The van der Waals surface area contributed by atoms with E-state index in [0.29, 0.717) is 11.4 Å². The van der Waals surface area contributed by atoms with Crippen molar-refractivity contribution in [1.82, 2.24) is 0 Å². The topological polar surface area (TPSA) is 55.5 Å². The molecule has 3 nitrogen and oxygen atoms in total. The Kier molecular flexibility index (Phi) is 2.98. The minimum Gasteiger partial charge on any atom is -0.398 e. The van der Waals surface area contributed by atoms with E-state index in [1.807, 2.05) is 0 Å². The van der Waals surface area contributed by atoms with Gasteiger partial charge in [-0.25, -0.2) is 4.21 Å². The second-order valence-electron chi connectivity index (χ2n) is 2.98. The summed E-state index contributed by atoms with van der Waals surface area (Å²) in [5.41, 5.74) is 6.92. The summed E-state index contributed by atoms with van der Waals surface area (Å²) in [6.07, 6.45) is 3.19. The highest BCUT2D eigenvalue weighted by atomic mass is 79.9. The number of anilines is 1. The molecule has 2 N–H and O–H groups in total. The van der Waals surface area contributed by atoms with Crippen LogP contribution in [-0.4, -0.2) is 16.7 Å². The molecule has 1 rings (SSSR count). The third kappa shape index (κ3) is 3.36. The number of nitrogen functional groups attached to an aromatic ring is 1. The van der Waals surface area contributed by atoms with E-state index in [9.17, 15) is 4.21 Å². The Morgan fingerprint density at radius 1 is 1.46 bits per heavy atom. The van der Waals surface area contributed by atoms with Crippen molar-refractivity contribution in [3.8, 4) is 0 Å². The number of nitrogens with two attached hydrogens (primary N) is 1. The van der Waals surface area contributed by atoms with Crippen molar-refractivity contribution < 1.29 is 4.21 Å². The van der Waals surface area contributed by atoms with Crippen LogP contribution in [0.3, 0.4) is 0 Å². The van der Waals surface area contributed by atoms with Gasteiger partial charge in [-0.15, -0.1) is 0 Å². The molecule has 0 aliphatic carbocycles. The monoisotopic (exact) mass is 262 g/mol. The Hall–Kier alpha value is -0.550. The van der Waals surface area contributed by atoms with Crippen LogP contribution in [0.2, 0.25) is 0 Å². The van der Waals surface area contributed by atoms with Crippen LogP contribution in [0.4, 0.5) is 11.4 Å². The van der Waals surface area contributed by atoms with E-state index in [1.165, 1.54) is 0 Å². The summed E-state index contributed by atoms with van der Waals surface area (Å²) >= 11 is 3.28. The largest absolute Gasteiger partial charge is 0.398 e. The smallest absolute Gasteiger partial charge is 0.0742 e. The van der Waals surface area contributed by atoms with Gasteiger partial charge in [0.1, 0.15) is 0 Å². The van der Waals surface area contributed by atoms with Crippen LogP contribution < -0.4 is 5.73 Å². The van der Waals surface area contributed by atoms with Gasteiger partial charge in [-0.1, -0.05) is 0 Å². The first-order valence-corrected chi connectivity index (χ1v) is 6.73. The molecule has 0 saturated heterocycles. The van der Waals surface area contributed by atoms with Crippen LogP contribution in [0.25, 0.3) is 0 Å². The third-order valence-corrected chi connectivity index (χ3v) is 2.65. The first-order valence-electron chi connectivity index (χ1n) is 3.61. The molecule has 1 aromatic carbocycles. The lowest BCUT2D eigenvalue weighted by molar-refractivity contribution is 0.684. The van der Waals surface area contributed by atoms with E-state index in [2.05, 4.69) is 20.3 Å². The van der Waals surface area contributed by atoms with E-state index >= 15 is 0 Å². The normalized spacial score (nSPS) is 11.3. The van der Waals surface area contributed by atoms with Crippen molar-refractivity contribution in [3.05, 3.63) is 22.7 Å². The highest BCUT2D eigenvalue weighted by Gasteiger charge is 1.98. The van der Waals surface area contributed by atoms with Gasteiger partial charge in [0.2, 0.25) is 0 Å². The van der Waals surface area contributed by atoms with Crippen molar-refractivity contribution >= 4 is 37.0 Å². The molecule has 0 aromatic heterocycles. The maximum Gasteiger partial charge on any atom is 0.0742 e. The first kappa shape index (κ1) is 10.5. The summed E-state index contributed by atoms with van der Waals surface area (Å²) in [5.74, 6) is 0. The molecule has 0 spiro atoms. The van der Waals surface area contributed by atoms with Crippen LogP contribution in [0.1, 0.15) is 0 Å². The molecule has 0 saturated carbocycles. The Labute approximate surface area is 86.6 Å². The fourth-order valence-electron chi connectivity index (χ4n) is 0.827. The summed E-state index contributed by atoms with van der Waals surface area (Å²) in [5, 5.41) is 0. The molecular formula is C8H11BrN2OS. The van der Waals surface area contributed by atoms with Crippen LogP contribution in [0, 0.1) is 0 Å². The average Bonchev–Trinajstić information content (AvgIpc) is 1.94. The summed E-state index contributed by atoms with van der Waals surface area (Å²) in [6.45, 7) is 0. The van der Waals surface area contributed by atoms with Crippen molar-refractivity contribution in [1.29, 1.82) is 0 Å². The van der Waals surface area contributed by atoms with Gasteiger partial charge in [-0.3, -0.25) is 0 Å². The SMILES string of the molecule is CS(C)(=O)=Nc1ccc(N)c(Br)c1. The Balaban J connectivity index is 3.21. The van der Waals surface area contributed by atoms with Crippen molar-refractivity contribution in [3.63, 3.8) is 0 Å². The van der Waals surface area contributed by atoms with E-state index < -0.39 is 9.73 Å². The molecular weight excluding hydrogens is 252 g/mol. The lowest BCUT2D eigenvalue weighted by atomic mass is 10.3. The maximum atomic E-state index is 11.3. The fourth-order valence-corrected chi connectivity index (χ4v) is 1.81. The molecule has 0 fully saturated rings. The molecule has 0 atom stereocenters. The Bertz CT molecular complexity index is 428. The lowest BCUT2D eigenvalue weighted by Crippen LogP contribution is -1.90. The van der Waals surface area contributed by atoms with Crippen LogP contribution in [0.15, 0.2) is 27.0 Å². The third-order valence-electron chi connectivity index (χ3n) is 1.31. The number of halogens is 1. The molecule has 0 bridgehead atoms. The van der Waals surface area contributed by atoms with Crippen molar-refractivity contribution in [2.24, 2.45) is 4.36 Å². The van der Waals surface area contributed by atoms with Crippen molar-refractivity contribution in [2.75, 3.05) is 18.2 Å². The lowest BCUT2D eigenvalue weighted by Gasteiger charge is -2.00. The summed E-state index contributed by atoms with van der Waals surface area (Å²) < 4.78 is 16.2. The summed E-state index contributed by atoms with van der Waals surface area (Å²) in [4.78, 5) is 0. The zero-order valence-corrected chi connectivity index (χ0v) is 9.85. The van der Waals surface area contributed by atoms with Gasteiger partial charge in [-0.05, 0) is 34.1 Å². The predicted molar refractivity (Wildman–Crippen MR) is 60.6 cm³/mol. The van der Waals surface area contributed by atoms with E-state index in [4.69, 9.17) is 5.73 Å². The predicted octanol–water partition coefficient (Wildman–Crippen LogP) is 2.39. The molecule has 13 heavy (non-hydrogen) atoms. The number of rotatable bonds is 1. The van der Waals surface area contributed by atoms with E-state index in [0.717, 1.165) is 4.47 Å². The summed E-state index contributed by atoms with van der Waals surface area (Å²) in [6, 6.07) is 5.23. The average molecular weight is 263 g/mol. The zero-order chi connectivity index (χ0) is 10.1. The molecule has 5 heteroatoms. The molecule has 0 radical (unpaired) electrons. The van der Waals surface area contributed by atoms with Crippen molar-refractivity contribution in [2.45, 2.75) is 0 Å². The highest BCUT2D eigenvalue weighted by molar-refractivity contribution is 9.10. The number of hydrogen-bond acceptors (Lipinski definition) is 3. The second-order valence-corrected chi connectivity index (χ2v) is 6.38. The minimum absolute atomic E-state index is 0.651. The standard InChI is InChI=1S/C8H11BrN2OS/c1-13(2,12)11-6-3-4-8(10)7(9)5-6/h3-5H,10H2,1-2H3. The van der Waals surface area contributed by atoms with Crippen LogP contribution in [0.5, 0.6) is 0 Å². The fraction of sp³-hybridized carbons (Fsp3) is 0.250. The quantitative estimate of drug-likeness (QED) is 0.791. The van der Waals surface area contributed by atoms with Gasteiger partial charge in [0.05, 0.1) is 5.69 Å². The number of hydrogen-bond donors (Lipinski definition) is 1. The Morgan fingerprint density at radius 2 is 2.08 bits per heavy atom. The molecule has 0 aliphatic rings. The van der Waals surface area contributed by atoms with Crippen LogP contribution >= 0.6 is 15.9 Å². The summed E-state index contributed by atoms with van der Waals surface area (Å²) in [7, 11) is -2.09. The van der Waals surface area contributed by atoms with Gasteiger partial charge in [0.15, 0.2) is 0 Å². The van der Waals surface area contributed by atoms with Gasteiger partial charge >= 0.3 is 0 Å². The van der Waals surface area contributed by atoms with Gasteiger partial charge in [0.25, 0.3) is 0 Å². The zero-order valence-electron chi connectivity index (χ0n) is 7.45. The second kappa shape index (κ2) is 3.67. The van der Waals surface area contributed by atoms with E-state index in [-0.39, 0.29) is 0 Å². The van der Waals surface area contributed by atoms with Crippen LogP contribution in [-0.2, 0) is 9.73 Å². The van der Waals surface area contributed by atoms with Gasteiger partial charge in [-0.2, -0.15) is 4.36 Å². The number of benzene rings is 1. The highest BCUT2D eigenvalue weighted by Crippen LogP contribution is 2.25. The van der Waals surface area contributed by atoms with Gasteiger partial charge < -0.3 is 5.73 Å². The van der Waals surface area contributed by atoms with Gasteiger partial charge in [0, 0.05) is 32.4 Å². The molecule has 0 amide bonds. The first-order chi connectivity index (χ1) is 5.88.